The second-order valence-electron chi connectivity index (χ2n) is 7.11. The minimum Gasteiger partial charge on any atom is -0.371 e. The Morgan fingerprint density at radius 2 is 1.96 bits per heavy atom. The van der Waals surface area contributed by atoms with Crippen LogP contribution in [0.25, 0.3) is 10.9 Å². The van der Waals surface area contributed by atoms with Gasteiger partial charge in [-0.25, -0.2) is 0 Å². The third-order valence-electron chi connectivity index (χ3n) is 5.11. The number of carbonyl (C=O) groups is 1. The molecule has 5 heteroatoms. The maximum atomic E-state index is 13.0. The third kappa shape index (κ3) is 3.05. The number of aromatic amines is 1. The number of aromatic nitrogens is 2. The van der Waals surface area contributed by atoms with Crippen molar-refractivity contribution in [3.05, 3.63) is 59.3 Å². The van der Waals surface area contributed by atoms with Gasteiger partial charge in [0.1, 0.15) is 0 Å². The molecule has 1 amide bonds. The topological polar surface area (TPSA) is 52.2 Å². The monoisotopic (exact) mass is 348 g/mol. The van der Waals surface area contributed by atoms with Gasteiger partial charge in [0, 0.05) is 37.8 Å². The first-order valence-electron chi connectivity index (χ1n) is 9.16. The summed E-state index contributed by atoms with van der Waals surface area (Å²) in [6.07, 6.45) is 2.48. The maximum Gasteiger partial charge on any atom is 0.275 e. The number of aryl methyl sites for hydroxylation is 1. The molecule has 1 fully saturated rings. The van der Waals surface area contributed by atoms with Crippen molar-refractivity contribution < 1.29 is 4.79 Å². The van der Waals surface area contributed by atoms with E-state index < -0.39 is 0 Å². The zero-order valence-corrected chi connectivity index (χ0v) is 15.3. The van der Waals surface area contributed by atoms with E-state index in [4.69, 9.17) is 0 Å². The fraction of sp³-hybridized carbons (Fsp3) is 0.333. The molecule has 4 rings (SSSR count). The summed E-state index contributed by atoms with van der Waals surface area (Å²) in [5, 5.41) is 8.12. The van der Waals surface area contributed by atoms with E-state index in [0.29, 0.717) is 12.2 Å². The van der Waals surface area contributed by atoms with Crippen LogP contribution in [0.2, 0.25) is 0 Å². The predicted molar refractivity (Wildman–Crippen MR) is 105 cm³/mol. The van der Waals surface area contributed by atoms with Gasteiger partial charge in [0.25, 0.3) is 5.91 Å². The molecule has 0 atom stereocenters. The Morgan fingerprint density at radius 3 is 2.77 bits per heavy atom. The van der Waals surface area contributed by atoms with Crippen molar-refractivity contribution in [1.82, 2.24) is 15.1 Å². The summed E-state index contributed by atoms with van der Waals surface area (Å²) >= 11 is 0. The van der Waals surface area contributed by atoms with Crippen LogP contribution < -0.4 is 4.90 Å². The van der Waals surface area contributed by atoms with Crippen LogP contribution in [0.4, 0.5) is 5.69 Å². The Morgan fingerprint density at radius 1 is 1.19 bits per heavy atom. The first kappa shape index (κ1) is 16.6. The predicted octanol–water partition coefficient (Wildman–Crippen LogP) is 3.74. The molecule has 1 aromatic heterocycles. The van der Waals surface area contributed by atoms with E-state index >= 15 is 0 Å². The van der Waals surface area contributed by atoms with Crippen molar-refractivity contribution in [2.75, 3.05) is 25.0 Å². The van der Waals surface area contributed by atoms with E-state index in [0.717, 1.165) is 29.6 Å². The Labute approximate surface area is 153 Å². The van der Waals surface area contributed by atoms with Crippen LogP contribution in [0.3, 0.4) is 0 Å². The molecular formula is C21H24N4O. The number of nitrogens with one attached hydrogen (secondary N) is 1. The van der Waals surface area contributed by atoms with E-state index in [9.17, 15) is 4.79 Å². The number of hydrogen-bond donors (Lipinski definition) is 1. The Kier molecular flexibility index (Phi) is 4.37. The summed E-state index contributed by atoms with van der Waals surface area (Å²) in [5.41, 5.74) is 4.93. The summed E-state index contributed by atoms with van der Waals surface area (Å²) in [7, 11) is 1.85. The lowest BCUT2D eigenvalue weighted by atomic mass is 10.1. The minimum absolute atomic E-state index is 0.0573. The van der Waals surface area contributed by atoms with Crippen LogP contribution in [0, 0.1) is 6.92 Å². The second-order valence-corrected chi connectivity index (χ2v) is 7.11. The van der Waals surface area contributed by atoms with Gasteiger partial charge in [-0.2, -0.15) is 5.10 Å². The molecule has 0 saturated carbocycles. The molecule has 0 aliphatic carbocycles. The molecule has 5 nitrogen and oxygen atoms in total. The number of hydrogen-bond acceptors (Lipinski definition) is 3. The quantitative estimate of drug-likeness (QED) is 0.781. The van der Waals surface area contributed by atoms with Gasteiger partial charge < -0.3 is 9.80 Å². The summed E-state index contributed by atoms with van der Waals surface area (Å²) < 4.78 is 0. The summed E-state index contributed by atoms with van der Waals surface area (Å²) in [4.78, 5) is 17.2. The average Bonchev–Trinajstić information content (AvgIpc) is 3.31. The molecule has 0 radical (unpaired) electrons. The standard InChI is InChI=1S/C21H24N4O/c1-15-9-10-18-17(13-15)20(23-22-18)21(26)24(2)14-16-7-3-4-8-19(16)25-11-5-6-12-25/h3-4,7-10,13H,5-6,11-12,14H2,1-2H3,(H,22,23). The Hall–Kier alpha value is -2.82. The highest BCUT2D eigenvalue weighted by atomic mass is 16.2. The van der Waals surface area contributed by atoms with Gasteiger partial charge in [-0.1, -0.05) is 29.8 Å². The van der Waals surface area contributed by atoms with E-state index in [1.165, 1.54) is 24.1 Å². The zero-order chi connectivity index (χ0) is 18.1. The molecule has 0 spiro atoms. The molecule has 1 N–H and O–H groups in total. The Bertz CT molecular complexity index is 940. The number of para-hydroxylation sites is 1. The van der Waals surface area contributed by atoms with E-state index in [1.54, 1.807) is 4.90 Å². The van der Waals surface area contributed by atoms with Crippen LogP contribution in [0.5, 0.6) is 0 Å². The first-order chi connectivity index (χ1) is 12.6. The number of rotatable bonds is 4. The fourth-order valence-electron chi connectivity index (χ4n) is 3.71. The number of H-pyrrole nitrogens is 1. The highest BCUT2D eigenvalue weighted by Gasteiger charge is 2.21. The highest BCUT2D eigenvalue weighted by molar-refractivity contribution is 6.04. The number of benzene rings is 2. The van der Waals surface area contributed by atoms with Crippen LogP contribution in [0.15, 0.2) is 42.5 Å². The molecule has 2 heterocycles. The first-order valence-corrected chi connectivity index (χ1v) is 9.16. The van der Waals surface area contributed by atoms with E-state index in [2.05, 4.69) is 33.3 Å². The molecule has 3 aromatic rings. The smallest absolute Gasteiger partial charge is 0.275 e. The van der Waals surface area contributed by atoms with Gasteiger partial charge in [-0.3, -0.25) is 9.89 Å². The van der Waals surface area contributed by atoms with Gasteiger partial charge in [-0.15, -0.1) is 0 Å². The molecule has 26 heavy (non-hydrogen) atoms. The highest BCUT2D eigenvalue weighted by Crippen LogP contribution is 2.26. The van der Waals surface area contributed by atoms with Gasteiger partial charge >= 0.3 is 0 Å². The van der Waals surface area contributed by atoms with Crippen LogP contribution in [0.1, 0.15) is 34.5 Å². The van der Waals surface area contributed by atoms with Crippen molar-refractivity contribution in [3.8, 4) is 0 Å². The SMILES string of the molecule is Cc1ccc2[nH]nc(C(=O)N(C)Cc3ccccc3N3CCCC3)c2c1. The molecule has 1 aliphatic heterocycles. The normalized spacial score (nSPS) is 14.2. The molecule has 1 saturated heterocycles. The molecule has 0 bridgehead atoms. The van der Waals surface area contributed by atoms with E-state index in [1.807, 2.05) is 38.2 Å². The van der Waals surface area contributed by atoms with Crippen LogP contribution >= 0.6 is 0 Å². The van der Waals surface area contributed by atoms with Crippen molar-refractivity contribution in [2.24, 2.45) is 0 Å². The minimum atomic E-state index is -0.0573. The lowest BCUT2D eigenvalue weighted by molar-refractivity contribution is 0.0781. The summed E-state index contributed by atoms with van der Waals surface area (Å²) in [5.74, 6) is -0.0573. The second kappa shape index (κ2) is 6.83. The zero-order valence-electron chi connectivity index (χ0n) is 15.3. The Balaban J connectivity index is 1.59. The van der Waals surface area contributed by atoms with Gasteiger partial charge in [0.15, 0.2) is 5.69 Å². The largest absolute Gasteiger partial charge is 0.371 e. The number of carbonyl (C=O) groups excluding carboxylic acids is 1. The van der Waals surface area contributed by atoms with Gasteiger partial charge in [-0.05, 0) is 43.5 Å². The van der Waals surface area contributed by atoms with E-state index in [-0.39, 0.29) is 5.91 Å². The lowest BCUT2D eigenvalue weighted by Gasteiger charge is -2.24. The molecule has 1 aliphatic rings. The van der Waals surface area contributed by atoms with Crippen LogP contribution in [-0.4, -0.2) is 41.1 Å². The number of anilines is 1. The molecular weight excluding hydrogens is 324 g/mol. The summed E-state index contributed by atoms with van der Waals surface area (Å²) in [6, 6.07) is 14.4. The molecule has 2 aromatic carbocycles. The number of nitrogens with zero attached hydrogens (tertiary/aromatic N) is 3. The molecule has 134 valence electrons. The van der Waals surface area contributed by atoms with Crippen molar-refractivity contribution in [1.29, 1.82) is 0 Å². The number of fused-ring (bicyclic) bond motifs is 1. The molecule has 0 unspecified atom stereocenters. The number of amides is 1. The van der Waals surface area contributed by atoms with Gasteiger partial charge in [0.05, 0.1) is 5.52 Å². The van der Waals surface area contributed by atoms with Crippen molar-refractivity contribution in [3.63, 3.8) is 0 Å². The average molecular weight is 348 g/mol. The fourth-order valence-corrected chi connectivity index (χ4v) is 3.71. The van der Waals surface area contributed by atoms with Gasteiger partial charge in [0.2, 0.25) is 0 Å². The van der Waals surface area contributed by atoms with Crippen LogP contribution in [-0.2, 0) is 6.54 Å². The third-order valence-corrected chi connectivity index (χ3v) is 5.11. The van der Waals surface area contributed by atoms with Crippen molar-refractivity contribution in [2.45, 2.75) is 26.3 Å². The lowest BCUT2D eigenvalue weighted by Crippen LogP contribution is -2.28. The van der Waals surface area contributed by atoms with Crippen molar-refractivity contribution >= 4 is 22.5 Å². The summed E-state index contributed by atoms with van der Waals surface area (Å²) in [6.45, 7) is 4.79. The maximum absolute atomic E-state index is 13.0.